The molecule has 0 spiro atoms. The molecule has 5 atom stereocenters. The van der Waals surface area contributed by atoms with Gasteiger partial charge in [0.05, 0.1) is 6.61 Å². The van der Waals surface area contributed by atoms with Gasteiger partial charge in [-0.1, -0.05) is 6.92 Å². The Labute approximate surface area is 167 Å². The Morgan fingerprint density at radius 2 is 1.93 bits per heavy atom. The fourth-order valence-electron chi connectivity index (χ4n) is 3.25. The van der Waals surface area contributed by atoms with E-state index in [0.29, 0.717) is 0 Å². The summed E-state index contributed by atoms with van der Waals surface area (Å²) >= 11 is 0. The minimum Gasteiger partial charge on any atom is -0.462 e. The van der Waals surface area contributed by atoms with Crippen LogP contribution >= 0.6 is 0 Å². The summed E-state index contributed by atoms with van der Waals surface area (Å²) in [5.74, 6) is -1.94. The number of esters is 2. The van der Waals surface area contributed by atoms with Gasteiger partial charge in [-0.15, -0.1) is 0 Å². The molecule has 160 valence electrons. The molecule has 0 unspecified atom stereocenters. The van der Waals surface area contributed by atoms with Crippen LogP contribution in [-0.4, -0.2) is 57.4 Å². The monoisotopic (exact) mass is 411 g/mol. The normalized spacial score (nSPS) is 26.9. The zero-order valence-corrected chi connectivity index (χ0v) is 16.7. The van der Waals surface area contributed by atoms with Crippen LogP contribution in [0, 0.1) is 5.92 Å². The fourth-order valence-corrected chi connectivity index (χ4v) is 3.25. The van der Waals surface area contributed by atoms with Gasteiger partial charge in [0.2, 0.25) is 5.91 Å². The molecule has 11 heteroatoms. The lowest BCUT2D eigenvalue weighted by molar-refractivity contribution is -0.170. The molecule has 1 fully saturated rings. The van der Waals surface area contributed by atoms with Crippen LogP contribution in [0.4, 0.5) is 5.82 Å². The maximum absolute atomic E-state index is 12.5. The molecule has 1 aliphatic heterocycles. The Morgan fingerprint density at radius 1 is 1.28 bits per heavy atom. The van der Waals surface area contributed by atoms with E-state index in [0.717, 1.165) is 4.57 Å². The molecule has 1 amide bonds. The SMILES string of the molecule is CC(=O)Nc1ccn([C@H]2C[C@H](OC(C)=O)[C@H](C)[C@H](OC(C)=O)[C@@H](CO)O2)c(=O)n1. The molecule has 2 N–H and O–H groups in total. The largest absolute Gasteiger partial charge is 0.462 e. The molecule has 0 radical (unpaired) electrons. The second-order valence-corrected chi connectivity index (χ2v) is 6.81. The van der Waals surface area contributed by atoms with Gasteiger partial charge >= 0.3 is 17.6 Å². The fraction of sp³-hybridized carbons (Fsp3) is 0.611. The van der Waals surface area contributed by atoms with Gasteiger partial charge < -0.3 is 24.6 Å². The van der Waals surface area contributed by atoms with Gasteiger partial charge in [-0.25, -0.2) is 4.79 Å². The molecule has 29 heavy (non-hydrogen) atoms. The third-order valence-electron chi connectivity index (χ3n) is 4.48. The van der Waals surface area contributed by atoms with Crippen molar-refractivity contribution in [3.8, 4) is 0 Å². The smallest absolute Gasteiger partial charge is 0.351 e. The molecular weight excluding hydrogens is 386 g/mol. The number of aliphatic hydroxyl groups excluding tert-OH is 1. The zero-order valence-electron chi connectivity index (χ0n) is 16.7. The average Bonchev–Trinajstić information content (AvgIpc) is 2.72. The Balaban J connectivity index is 2.41. The second kappa shape index (κ2) is 9.61. The maximum Gasteiger partial charge on any atom is 0.351 e. The Hall–Kier alpha value is -2.79. The standard InChI is InChI=1S/C18H25N3O8/c1-9-13(27-11(3)24)7-16(29-14(8-22)17(9)28-12(4)25)21-6-5-15(19-10(2)23)20-18(21)26/h5-6,9,13-14,16-17,22H,7-8H2,1-4H3,(H,19,20,23,26)/t9-,13-,14+,16+,17-/m0/s1. The van der Waals surface area contributed by atoms with E-state index in [4.69, 9.17) is 14.2 Å². The Bertz CT molecular complexity index is 824. The van der Waals surface area contributed by atoms with Crippen molar-refractivity contribution in [3.63, 3.8) is 0 Å². The van der Waals surface area contributed by atoms with Crippen molar-refractivity contribution in [1.29, 1.82) is 0 Å². The van der Waals surface area contributed by atoms with Crippen LogP contribution in [0.3, 0.4) is 0 Å². The molecule has 1 aromatic heterocycles. The van der Waals surface area contributed by atoms with Crippen LogP contribution < -0.4 is 11.0 Å². The van der Waals surface area contributed by atoms with Gasteiger partial charge in [0.1, 0.15) is 30.4 Å². The van der Waals surface area contributed by atoms with E-state index >= 15 is 0 Å². The number of hydrogen-bond acceptors (Lipinski definition) is 9. The molecule has 1 aliphatic rings. The summed E-state index contributed by atoms with van der Waals surface area (Å²) in [5, 5.41) is 12.2. The van der Waals surface area contributed by atoms with E-state index in [9.17, 15) is 24.3 Å². The lowest BCUT2D eigenvalue weighted by atomic mass is 9.93. The van der Waals surface area contributed by atoms with Crippen molar-refractivity contribution < 1.29 is 33.7 Å². The number of nitrogens with zero attached hydrogens (tertiary/aromatic N) is 2. The first-order valence-corrected chi connectivity index (χ1v) is 9.10. The number of nitrogens with one attached hydrogen (secondary N) is 1. The Kier molecular flexibility index (Phi) is 7.46. The van der Waals surface area contributed by atoms with Gasteiger partial charge in [-0.2, -0.15) is 4.98 Å². The van der Waals surface area contributed by atoms with E-state index in [2.05, 4.69) is 10.3 Å². The molecule has 1 saturated heterocycles. The third kappa shape index (κ3) is 5.84. The van der Waals surface area contributed by atoms with Crippen LogP contribution in [0.15, 0.2) is 17.1 Å². The summed E-state index contributed by atoms with van der Waals surface area (Å²) in [5.41, 5.74) is -0.710. The summed E-state index contributed by atoms with van der Waals surface area (Å²) in [6.45, 7) is 4.97. The number of ether oxygens (including phenoxy) is 3. The topological polar surface area (TPSA) is 146 Å². The van der Waals surface area contributed by atoms with Gasteiger partial charge in [0.25, 0.3) is 0 Å². The zero-order chi connectivity index (χ0) is 21.7. The third-order valence-corrected chi connectivity index (χ3v) is 4.48. The molecule has 2 heterocycles. The summed E-state index contributed by atoms with van der Waals surface area (Å²) in [7, 11) is 0. The number of aromatic nitrogens is 2. The number of amides is 1. The van der Waals surface area contributed by atoms with Crippen LogP contribution in [0.1, 0.15) is 40.3 Å². The Morgan fingerprint density at radius 3 is 2.45 bits per heavy atom. The molecule has 2 rings (SSSR count). The average molecular weight is 411 g/mol. The molecule has 0 bridgehead atoms. The van der Waals surface area contributed by atoms with Crippen LogP contribution in [0.25, 0.3) is 0 Å². The van der Waals surface area contributed by atoms with Crippen LogP contribution in [0.5, 0.6) is 0 Å². The number of aliphatic hydroxyl groups is 1. The highest BCUT2D eigenvalue weighted by atomic mass is 16.6. The summed E-state index contributed by atoms with van der Waals surface area (Å²) < 4.78 is 17.7. The van der Waals surface area contributed by atoms with Gasteiger partial charge in [0.15, 0.2) is 0 Å². The van der Waals surface area contributed by atoms with E-state index in [1.165, 1.54) is 33.0 Å². The molecule has 0 aliphatic carbocycles. The first-order valence-electron chi connectivity index (χ1n) is 9.10. The first kappa shape index (κ1) is 22.5. The highest BCUT2D eigenvalue weighted by molar-refractivity contribution is 5.87. The van der Waals surface area contributed by atoms with Crippen molar-refractivity contribution in [3.05, 3.63) is 22.7 Å². The van der Waals surface area contributed by atoms with Crippen molar-refractivity contribution >= 4 is 23.7 Å². The van der Waals surface area contributed by atoms with Gasteiger partial charge in [0, 0.05) is 39.3 Å². The van der Waals surface area contributed by atoms with Gasteiger partial charge in [-0.05, 0) is 6.07 Å². The van der Waals surface area contributed by atoms with Crippen LogP contribution in [0.2, 0.25) is 0 Å². The predicted octanol–water partition coefficient (Wildman–Crippen LogP) is -0.0190. The van der Waals surface area contributed by atoms with Gasteiger partial charge in [-0.3, -0.25) is 19.0 Å². The molecule has 1 aromatic rings. The maximum atomic E-state index is 12.5. The number of anilines is 1. The lowest BCUT2D eigenvalue weighted by Crippen LogP contribution is -2.43. The molecule has 0 aromatic carbocycles. The number of carbonyl (C=O) groups excluding carboxylic acids is 3. The summed E-state index contributed by atoms with van der Waals surface area (Å²) in [6, 6.07) is 1.42. The van der Waals surface area contributed by atoms with E-state index in [1.54, 1.807) is 6.92 Å². The van der Waals surface area contributed by atoms with Crippen molar-refractivity contribution in [1.82, 2.24) is 9.55 Å². The molecule has 11 nitrogen and oxygen atoms in total. The number of hydrogen-bond donors (Lipinski definition) is 2. The van der Waals surface area contributed by atoms with Crippen molar-refractivity contribution in [2.45, 2.75) is 58.7 Å². The minimum absolute atomic E-state index is 0.0656. The van der Waals surface area contributed by atoms with Crippen molar-refractivity contribution in [2.24, 2.45) is 5.92 Å². The quantitative estimate of drug-likeness (QED) is 0.638. The second-order valence-electron chi connectivity index (χ2n) is 6.81. The van der Waals surface area contributed by atoms with E-state index < -0.39 is 54.7 Å². The molecule has 0 saturated carbocycles. The highest BCUT2D eigenvalue weighted by Gasteiger charge is 2.43. The van der Waals surface area contributed by atoms with E-state index in [1.807, 2.05) is 0 Å². The van der Waals surface area contributed by atoms with Crippen molar-refractivity contribution in [2.75, 3.05) is 11.9 Å². The molecular formula is C18H25N3O8. The van der Waals surface area contributed by atoms with E-state index in [-0.39, 0.29) is 18.1 Å². The predicted molar refractivity (Wildman–Crippen MR) is 98.7 cm³/mol. The summed E-state index contributed by atoms with van der Waals surface area (Å²) in [6.07, 6.45) is -2.11. The minimum atomic E-state index is -0.957. The highest BCUT2D eigenvalue weighted by Crippen LogP contribution is 2.33. The first-order chi connectivity index (χ1) is 13.6. The van der Waals surface area contributed by atoms with Crippen LogP contribution in [-0.2, 0) is 28.6 Å². The summed E-state index contributed by atoms with van der Waals surface area (Å²) in [4.78, 5) is 50.5. The number of carbonyl (C=O) groups is 3. The number of rotatable bonds is 5. The lowest BCUT2D eigenvalue weighted by Gasteiger charge is -2.30.